The number of furan rings is 1. The summed E-state index contributed by atoms with van der Waals surface area (Å²) < 4.78 is 5.13. The Balaban J connectivity index is 1.39. The molecule has 4 rings (SSSR count). The number of H-pyrrole nitrogens is 1. The Morgan fingerprint density at radius 1 is 1.19 bits per heavy atom. The predicted molar refractivity (Wildman–Crippen MR) is 96.6 cm³/mol. The molecule has 8 nitrogen and oxygen atoms in total. The van der Waals surface area contributed by atoms with Crippen LogP contribution in [0.25, 0.3) is 10.9 Å². The van der Waals surface area contributed by atoms with Gasteiger partial charge in [0.2, 0.25) is 5.91 Å². The fraction of sp³-hybridized carbons (Fsp3) is 0.211. The highest BCUT2D eigenvalue weighted by atomic mass is 16.3. The number of rotatable bonds is 6. The number of carbonyl (C=O) groups excluding carboxylic acids is 3. The van der Waals surface area contributed by atoms with Crippen LogP contribution in [-0.4, -0.2) is 40.3 Å². The van der Waals surface area contributed by atoms with Gasteiger partial charge in [0, 0.05) is 23.5 Å². The molecule has 1 aliphatic rings. The van der Waals surface area contributed by atoms with Gasteiger partial charge in [-0.3, -0.25) is 14.5 Å². The van der Waals surface area contributed by atoms with Crippen LogP contribution in [-0.2, 0) is 22.6 Å². The number of hydrogen-bond donors (Lipinski definition) is 3. The van der Waals surface area contributed by atoms with Crippen molar-refractivity contribution in [1.29, 1.82) is 0 Å². The van der Waals surface area contributed by atoms with Crippen LogP contribution in [0.15, 0.2) is 53.3 Å². The van der Waals surface area contributed by atoms with Gasteiger partial charge in [-0.25, -0.2) is 4.79 Å². The van der Waals surface area contributed by atoms with Crippen molar-refractivity contribution in [1.82, 2.24) is 20.5 Å². The molecule has 4 amide bonds. The topological polar surface area (TPSA) is 107 Å². The Hall–Kier alpha value is -3.55. The fourth-order valence-electron chi connectivity index (χ4n) is 3.18. The van der Waals surface area contributed by atoms with E-state index in [4.69, 9.17) is 4.42 Å². The molecule has 3 heterocycles. The van der Waals surface area contributed by atoms with Crippen molar-refractivity contribution in [3.8, 4) is 0 Å². The van der Waals surface area contributed by atoms with Gasteiger partial charge in [-0.05, 0) is 23.8 Å². The van der Waals surface area contributed by atoms with Gasteiger partial charge in [-0.2, -0.15) is 0 Å². The summed E-state index contributed by atoms with van der Waals surface area (Å²) in [5, 5.41) is 6.29. The van der Waals surface area contributed by atoms with Crippen LogP contribution in [0.1, 0.15) is 11.3 Å². The van der Waals surface area contributed by atoms with E-state index in [-0.39, 0.29) is 13.1 Å². The molecule has 1 aromatic carbocycles. The molecule has 3 N–H and O–H groups in total. The molecular formula is C19H18N4O4. The lowest BCUT2D eigenvalue weighted by atomic mass is 10.1. The summed E-state index contributed by atoms with van der Waals surface area (Å²) in [7, 11) is 0. The minimum absolute atomic E-state index is 0.203. The van der Waals surface area contributed by atoms with Gasteiger partial charge < -0.3 is 20.0 Å². The number of imide groups is 1. The Bertz CT molecular complexity index is 992. The first-order chi connectivity index (χ1) is 13.1. The number of aromatic amines is 1. The van der Waals surface area contributed by atoms with Crippen LogP contribution in [0, 0.1) is 0 Å². The SMILES string of the molecule is O=C(CN1C(=O)N[C@H](Cc2c[nH]c3ccccc23)C1=O)NCc1ccco1. The number of nitrogens with one attached hydrogen (secondary N) is 3. The molecule has 27 heavy (non-hydrogen) atoms. The lowest BCUT2D eigenvalue weighted by Gasteiger charge is -2.12. The standard InChI is InChI=1S/C19H18N4O4/c24-17(21-10-13-4-3-7-27-13)11-23-18(25)16(22-19(23)26)8-12-9-20-15-6-2-1-5-14(12)15/h1-7,9,16,20H,8,10-11H2,(H,21,24)(H,22,26)/t16-/m1/s1. The first kappa shape index (κ1) is 16.9. The molecule has 1 aliphatic heterocycles. The van der Waals surface area contributed by atoms with E-state index < -0.39 is 23.9 Å². The molecule has 3 aromatic rings. The van der Waals surface area contributed by atoms with Crippen molar-refractivity contribution >= 4 is 28.7 Å². The smallest absolute Gasteiger partial charge is 0.325 e. The molecule has 0 spiro atoms. The van der Waals surface area contributed by atoms with Crippen LogP contribution in [0.5, 0.6) is 0 Å². The normalized spacial score (nSPS) is 16.7. The third-order valence-electron chi connectivity index (χ3n) is 4.55. The van der Waals surface area contributed by atoms with Crippen LogP contribution in [0.3, 0.4) is 0 Å². The second-order valence-corrected chi connectivity index (χ2v) is 6.35. The summed E-state index contributed by atoms with van der Waals surface area (Å²) in [5.41, 5.74) is 1.91. The molecule has 1 atom stereocenters. The largest absolute Gasteiger partial charge is 0.467 e. The number of amides is 4. The number of aromatic nitrogens is 1. The second kappa shape index (κ2) is 6.99. The highest BCUT2D eigenvalue weighted by molar-refractivity contribution is 6.06. The predicted octanol–water partition coefficient (Wildman–Crippen LogP) is 1.54. The van der Waals surface area contributed by atoms with Gasteiger partial charge in [0.25, 0.3) is 5.91 Å². The van der Waals surface area contributed by atoms with Crippen molar-refractivity contribution in [3.63, 3.8) is 0 Å². The molecule has 0 saturated carbocycles. The zero-order chi connectivity index (χ0) is 18.8. The third-order valence-corrected chi connectivity index (χ3v) is 4.55. The quantitative estimate of drug-likeness (QED) is 0.575. The summed E-state index contributed by atoms with van der Waals surface area (Å²) in [6.45, 7) is -0.121. The van der Waals surface area contributed by atoms with Gasteiger partial charge in [0.1, 0.15) is 18.3 Å². The number of nitrogens with zero attached hydrogens (tertiary/aromatic N) is 1. The Kier molecular flexibility index (Phi) is 4.37. The van der Waals surface area contributed by atoms with Crippen LogP contribution < -0.4 is 10.6 Å². The maximum absolute atomic E-state index is 12.6. The highest BCUT2D eigenvalue weighted by Gasteiger charge is 2.39. The molecule has 1 saturated heterocycles. The molecular weight excluding hydrogens is 348 g/mol. The Labute approximate surface area is 154 Å². The van der Waals surface area contributed by atoms with Crippen molar-refractivity contribution < 1.29 is 18.8 Å². The zero-order valence-corrected chi connectivity index (χ0v) is 14.4. The highest BCUT2D eigenvalue weighted by Crippen LogP contribution is 2.21. The lowest BCUT2D eigenvalue weighted by Crippen LogP contribution is -2.41. The van der Waals surface area contributed by atoms with Gasteiger partial charge in [-0.15, -0.1) is 0 Å². The first-order valence-corrected chi connectivity index (χ1v) is 8.58. The van der Waals surface area contributed by atoms with E-state index in [2.05, 4.69) is 15.6 Å². The van der Waals surface area contributed by atoms with Crippen molar-refractivity contribution in [3.05, 3.63) is 60.2 Å². The van der Waals surface area contributed by atoms with Crippen LogP contribution >= 0.6 is 0 Å². The molecule has 0 unspecified atom stereocenters. The summed E-state index contributed by atoms with van der Waals surface area (Å²) in [6.07, 6.45) is 3.70. The molecule has 8 heteroatoms. The first-order valence-electron chi connectivity index (χ1n) is 8.58. The summed E-state index contributed by atoms with van der Waals surface area (Å²) in [5.74, 6) is -0.237. The number of urea groups is 1. The molecule has 2 aromatic heterocycles. The molecule has 0 radical (unpaired) electrons. The van der Waals surface area contributed by atoms with Gasteiger partial charge in [-0.1, -0.05) is 18.2 Å². The summed E-state index contributed by atoms with van der Waals surface area (Å²) >= 11 is 0. The second-order valence-electron chi connectivity index (χ2n) is 6.35. The van der Waals surface area contributed by atoms with Gasteiger partial charge in [0.15, 0.2) is 0 Å². The maximum atomic E-state index is 12.6. The Morgan fingerprint density at radius 3 is 2.85 bits per heavy atom. The molecule has 0 bridgehead atoms. The van der Waals surface area contributed by atoms with Crippen molar-refractivity contribution in [2.24, 2.45) is 0 Å². The van der Waals surface area contributed by atoms with Gasteiger partial charge >= 0.3 is 6.03 Å². The van der Waals surface area contributed by atoms with Gasteiger partial charge in [0.05, 0.1) is 12.8 Å². The van der Waals surface area contributed by atoms with E-state index in [1.807, 2.05) is 30.5 Å². The van der Waals surface area contributed by atoms with E-state index >= 15 is 0 Å². The van der Waals surface area contributed by atoms with E-state index in [0.29, 0.717) is 12.2 Å². The minimum Gasteiger partial charge on any atom is -0.467 e. The summed E-state index contributed by atoms with van der Waals surface area (Å²) in [4.78, 5) is 40.9. The lowest BCUT2D eigenvalue weighted by molar-refractivity contribution is -0.132. The van der Waals surface area contributed by atoms with E-state index in [9.17, 15) is 14.4 Å². The molecule has 1 fully saturated rings. The number of carbonyl (C=O) groups is 3. The maximum Gasteiger partial charge on any atom is 0.325 e. The third kappa shape index (κ3) is 3.41. The fourth-order valence-corrected chi connectivity index (χ4v) is 3.18. The number of benzene rings is 1. The van der Waals surface area contributed by atoms with Crippen LogP contribution in [0.4, 0.5) is 4.79 Å². The number of fused-ring (bicyclic) bond motifs is 1. The average Bonchev–Trinajstić information content (AvgIpc) is 3.38. The summed E-state index contributed by atoms with van der Waals surface area (Å²) in [6, 6.07) is 9.96. The molecule has 138 valence electrons. The number of para-hydroxylation sites is 1. The monoisotopic (exact) mass is 366 g/mol. The van der Waals surface area contributed by atoms with E-state index in [0.717, 1.165) is 21.4 Å². The Morgan fingerprint density at radius 2 is 2.04 bits per heavy atom. The number of hydrogen-bond acceptors (Lipinski definition) is 4. The van der Waals surface area contributed by atoms with Crippen molar-refractivity contribution in [2.45, 2.75) is 19.0 Å². The molecule has 0 aliphatic carbocycles. The van der Waals surface area contributed by atoms with E-state index in [1.54, 1.807) is 12.1 Å². The van der Waals surface area contributed by atoms with Crippen LogP contribution in [0.2, 0.25) is 0 Å². The zero-order valence-electron chi connectivity index (χ0n) is 14.4. The van der Waals surface area contributed by atoms with Crippen molar-refractivity contribution in [2.75, 3.05) is 6.54 Å². The van der Waals surface area contributed by atoms with E-state index in [1.165, 1.54) is 6.26 Å². The minimum atomic E-state index is -0.686. The average molecular weight is 366 g/mol.